The van der Waals surface area contributed by atoms with Gasteiger partial charge in [0.25, 0.3) is 5.91 Å². The Morgan fingerprint density at radius 3 is 2.74 bits per heavy atom. The van der Waals surface area contributed by atoms with Crippen molar-refractivity contribution >= 4 is 17.6 Å². The van der Waals surface area contributed by atoms with Crippen LogP contribution in [0.5, 0.6) is 0 Å². The Morgan fingerprint density at radius 1 is 1.42 bits per heavy atom. The van der Waals surface area contributed by atoms with E-state index in [0.29, 0.717) is 13.0 Å². The Balaban J connectivity index is 1.90. The summed E-state index contributed by atoms with van der Waals surface area (Å²) in [5.41, 5.74) is 0.834. The summed E-state index contributed by atoms with van der Waals surface area (Å²) >= 11 is 0. The molecule has 2 rings (SSSR count). The zero-order valence-corrected chi connectivity index (χ0v) is 11.7. The summed E-state index contributed by atoms with van der Waals surface area (Å²) in [5.74, 6) is -0.402. The van der Waals surface area contributed by atoms with Crippen molar-refractivity contribution in [2.45, 2.75) is 58.4 Å². The number of rotatable bonds is 5. The molecule has 0 aromatic rings. The summed E-state index contributed by atoms with van der Waals surface area (Å²) in [5, 5.41) is 6.07. The third kappa shape index (κ3) is 3.14. The van der Waals surface area contributed by atoms with Gasteiger partial charge in [0.15, 0.2) is 0 Å². The highest BCUT2D eigenvalue weighted by Gasteiger charge is 2.38. The van der Waals surface area contributed by atoms with Crippen molar-refractivity contribution in [3.05, 3.63) is 0 Å². The van der Waals surface area contributed by atoms with E-state index in [0.717, 1.165) is 18.6 Å². The van der Waals surface area contributed by atoms with E-state index in [1.807, 2.05) is 6.92 Å². The van der Waals surface area contributed by atoms with Crippen LogP contribution in [-0.4, -0.2) is 35.2 Å². The number of hydrogen-bond acceptors (Lipinski definition) is 4. The molecular formula is C14H22N2O3. The Labute approximate surface area is 114 Å². The van der Waals surface area contributed by atoms with E-state index in [4.69, 9.17) is 4.74 Å². The van der Waals surface area contributed by atoms with Gasteiger partial charge in [0.05, 0.1) is 18.6 Å². The molecule has 1 fully saturated rings. The van der Waals surface area contributed by atoms with E-state index in [1.165, 1.54) is 12.8 Å². The number of carbonyl (C=O) groups is 2. The second kappa shape index (κ2) is 6.17. The van der Waals surface area contributed by atoms with Crippen LogP contribution in [0.1, 0.15) is 52.4 Å². The minimum Gasteiger partial charge on any atom is -0.466 e. The van der Waals surface area contributed by atoms with Crippen molar-refractivity contribution in [1.29, 1.82) is 0 Å². The fraction of sp³-hybridized carbons (Fsp3) is 0.786. The van der Waals surface area contributed by atoms with Gasteiger partial charge in [0, 0.05) is 12.1 Å². The van der Waals surface area contributed by atoms with E-state index in [9.17, 15) is 9.59 Å². The van der Waals surface area contributed by atoms with Crippen molar-refractivity contribution in [3.8, 4) is 0 Å². The maximum absolute atomic E-state index is 12.3. The summed E-state index contributed by atoms with van der Waals surface area (Å²) in [6.45, 7) is 4.05. The highest BCUT2D eigenvalue weighted by molar-refractivity contribution is 6.07. The second-order valence-corrected chi connectivity index (χ2v) is 5.26. The molecule has 1 aliphatic heterocycles. The molecule has 2 aliphatic rings. The monoisotopic (exact) mass is 266 g/mol. The number of esters is 1. The molecule has 0 bridgehead atoms. The molecule has 5 nitrogen and oxygen atoms in total. The van der Waals surface area contributed by atoms with Crippen LogP contribution in [0, 0.1) is 5.92 Å². The van der Waals surface area contributed by atoms with Gasteiger partial charge in [-0.25, -0.2) is 5.01 Å². The number of hydrogen-bond donors (Lipinski definition) is 0. The third-order valence-electron chi connectivity index (χ3n) is 3.91. The zero-order chi connectivity index (χ0) is 13.8. The summed E-state index contributed by atoms with van der Waals surface area (Å²) in [6.07, 6.45) is 5.25. The maximum Gasteiger partial charge on any atom is 0.305 e. The third-order valence-corrected chi connectivity index (χ3v) is 3.91. The minimum atomic E-state index is -0.234. The average molecular weight is 266 g/mol. The first-order valence-corrected chi connectivity index (χ1v) is 7.17. The summed E-state index contributed by atoms with van der Waals surface area (Å²) < 4.78 is 4.90. The summed E-state index contributed by atoms with van der Waals surface area (Å²) in [7, 11) is 0. The average Bonchev–Trinajstić information content (AvgIpc) is 2.97. The lowest BCUT2D eigenvalue weighted by atomic mass is 9.98. The highest BCUT2D eigenvalue weighted by Crippen LogP contribution is 2.30. The molecule has 0 saturated heterocycles. The first kappa shape index (κ1) is 14.0. The van der Waals surface area contributed by atoms with E-state index in [1.54, 1.807) is 11.9 Å². The fourth-order valence-corrected chi connectivity index (χ4v) is 2.87. The maximum atomic E-state index is 12.3. The van der Waals surface area contributed by atoms with Gasteiger partial charge >= 0.3 is 5.97 Å². The Hall–Kier alpha value is -1.39. The lowest BCUT2D eigenvalue weighted by Gasteiger charge is -2.20. The molecule has 0 N–H and O–H groups in total. The Bertz CT molecular complexity index is 386. The van der Waals surface area contributed by atoms with Gasteiger partial charge in [-0.1, -0.05) is 12.8 Å². The minimum absolute atomic E-state index is 0.0636. The van der Waals surface area contributed by atoms with E-state index < -0.39 is 0 Å². The zero-order valence-electron chi connectivity index (χ0n) is 11.7. The van der Waals surface area contributed by atoms with Crippen molar-refractivity contribution in [2.75, 3.05) is 6.61 Å². The van der Waals surface area contributed by atoms with Crippen LogP contribution in [0.2, 0.25) is 0 Å². The SMILES string of the molecule is CCOC(=O)CCC1C(=O)N(C2CCCC2)N=C1C. The van der Waals surface area contributed by atoms with Gasteiger partial charge in [-0.05, 0) is 33.1 Å². The molecule has 0 spiro atoms. The van der Waals surface area contributed by atoms with Gasteiger partial charge in [-0.2, -0.15) is 5.10 Å². The molecule has 19 heavy (non-hydrogen) atoms. The molecule has 1 saturated carbocycles. The van der Waals surface area contributed by atoms with Gasteiger partial charge in [-0.3, -0.25) is 9.59 Å². The Morgan fingerprint density at radius 2 is 2.11 bits per heavy atom. The highest BCUT2D eigenvalue weighted by atomic mass is 16.5. The summed E-state index contributed by atoms with van der Waals surface area (Å²) in [4.78, 5) is 23.7. The van der Waals surface area contributed by atoms with Crippen LogP contribution in [0.3, 0.4) is 0 Å². The number of amides is 1. The van der Waals surface area contributed by atoms with Crippen LogP contribution in [0.25, 0.3) is 0 Å². The normalized spacial score (nSPS) is 23.9. The molecule has 106 valence electrons. The topological polar surface area (TPSA) is 59.0 Å². The molecule has 0 aromatic carbocycles. The van der Waals surface area contributed by atoms with Gasteiger partial charge in [0.1, 0.15) is 0 Å². The molecule has 1 unspecified atom stereocenters. The van der Waals surface area contributed by atoms with Gasteiger partial charge < -0.3 is 4.74 Å². The summed E-state index contributed by atoms with van der Waals surface area (Å²) in [6, 6.07) is 0.273. The van der Waals surface area contributed by atoms with Crippen molar-refractivity contribution in [3.63, 3.8) is 0 Å². The first-order chi connectivity index (χ1) is 9.13. The van der Waals surface area contributed by atoms with Crippen LogP contribution in [0.4, 0.5) is 0 Å². The van der Waals surface area contributed by atoms with E-state index in [-0.39, 0.29) is 30.3 Å². The van der Waals surface area contributed by atoms with Gasteiger partial charge in [-0.15, -0.1) is 0 Å². The predicted octanol–water partition coefficient (Wildman–Crippen LogP) is 2.11. The van der Waals surface area contributed by atoms with Crippen molar-refractivity contribution in [2.24, 2.45) is 11.0 Å². The first-order valence-electron chi connectivity index (χ1n) is 7.17. The quantitative estimate of drug-likeness (QED) is 0.716. The predicted molar refractivity (Wildman–Crippen MR) is 71.6 cm³/mol. The van der Waals surface area contributed by atoms with Crippen LogP contribution < -0.4 is 0 Å². The lowest BCUT2D eigenvalue weighted by molar-refractivity contribution is -0.143. The smallest absolute Gasteiger partial charge is 0.305 e. The molecule has 1 amide bonds. The van der Waals surface area contributed by atoms with Crippen molar-refractivity contribution < 1.29 is 14.3 Å². The van der Waals surface area contributed by atoms with Crippen molar-refractivity contribution in [1.82, 2.24) is 5.01 Å². The van der Waals surface area contributed by atoms with Gasteiger partial charge in [0.2, 0.25) is 0 Å². The molecule has 0 aromatic heterocycles. The molecular weight excluding hydrogens is 244 g/mol. The fourth-order valence-electron chi connectivity index (χ4n) is 2.87. The van der Waals surface area contributed by atoms with Crippen LogP contribution in [0.15, 0.2) is 5.10 Å². The largest absolute Gasteiger partial charge is 0.466 e. The molecule has 1 aliphatic carbocycles. The lowest BCUT2D eigenvalue weighted by Crippen LogP contribution is -2.34. The number of hydrazone groups is 1. The van der Waals surface area contributed by atoms with E-state index >= 15 is 0 Å². The molecule has 0 radical (unpaired) electrons. The Kier molecular flexibility index (Phi) is 4.56. The number of carbonyl (C=O) groups excluding carboxylic acids is 2. The molecule has 1 heterocycles. The van der Waals surface area contributed by atoms with Crippen LogP contribution >= 0.6 is 0 Å². The second-order valence-electron chi connectivity index (χ2n) is 5.26. The van der Waals surface area contributed by atoms with E-state index in [2.05, 4.69) is 5.10 Å². The molecule has 5 heteroatoms. The van der Waals surface area contributed by atoms with Crippen LogP contribution in [-0.2, 0) is 14.3 Å². The standard InChI is InChI=1S/C14H22N2O3/c1-3-19-13(17)9-8-12-10(2)15-16(14(12)18)11-6-4-5-7-11/h11-12H,3-9H2,1-2H3. The number of ether oxygens (including phenoxy) is 1. The molecule has 1 atom stereocenters. The number of nitrogens with zero attached hydrogens (tertiary/aromatic N) is 2.